The third-order valence-electron chi connectivity index (χ3n) is 4.58. The maximum atomic E-state index is 12.1. The molecule has 2 rings (SSSR count). The van der Waals surface area contributed by atoms with Crippen LogP contribution >= 0.6 is 11.3 Å². The normalized spacial score (nSPS) is 17.4. The molecule has 0 aliphatic heterocycles. The molecule has 1 aromatic rings. The molecule has 0 amide bonds. The number of thiophene rings is 1. The second kappa shape index (κ2) is 6.17. The third kappa shape index (κ3) is 2.46. The van der Waals surface area contributed by atoms with Crippen molar-refractivity contribution < 1.29 is 9.53 Å². The monoisotopic (exact) mass is 295 g/mol. The van der Waals surface area contributed by atoms with E-state index in [2.05, 4.69) is 13.8 Å². The Hall–Kier alpha value is -1.03. The fourth-order valence-electron chi connectivity index (χ4n) is 3.40. The molecule has 0 unspecified atom stereocenters. The zero-order chi connectivity index (χ0) is 14.8. The van der Waals surface area contributed by atoms with Gasteiger partial charge in [0.25, 0.3) is 0 Å². The molecule has 20 heavy (non-hydrogen) atoms. The number of nitrogen functional groups attached to an aromatic ring is 1. The standard InChI is InChI=1S/C16H25NO2S/c1-4-11-12(17)13(15(18)19-6-3)20-14(11)16(5-2)9-7-8-10-16/h4-10,17H2,1-3H3. The summed E-state index contributed by atoms with van der Waals surface area (Å²) in [5.41, 5.74) is 8.32. The minimum Gasteiger partial charge on any atom is -0.462 e. The van der Waals surface area contributed by atoms with Gasteiger partial charge in [-0.1, -0.05) is 26.7 Å². The lowest BCUT2D eigenvalue weighted by Crippen LogP contribution is -2.20. The third-order valence-corrected chi connectivity index (χ3v) is 6.06. The topological polar surface area (TPSA) is 52.3 Å². The van der Waals surface area contributed by atoms with E-state index in [1.165, 1.54) is 36.1 Å². The summed E-state index contributed by atoms with van der Waals surface area (Å²) in [6, 6.07) is 0. The van der Waals surface area contributed by atoms with E-state index in [0.717, 1.165) is 12.8 Å². The highest BCUT2D eigenvalue weighted by Crippen LogP contribution is 2.50. The Morgan fingerprint density at radius 1 is 1.30 bits per heavy atom. The van der Waals surface area contributed by atoms with Crippen LogP contribution in [0.3, 0.4) is 0 Å². The first-order chi connectivity index (χ1) is 9.59. The van der Waals surface area contributed by atoms with Crippen LogP contribution in [0, 0.1) is 0 Å². The minimum atomic E-state index is -0.264. The summed E-state index contributed by atoms with van der Waals surface area (Å²) in [6.07, 6.45) is 7.02. The van der Waals surface area contributed by atoms with Crippen LogP contribution in [0.15, 0.2) is 0 Å². The van der Waals surface area contributed by atoms with E-state index >= 15 is 0 Å². The number of hydrogen-bond donors (Lipinski definition) is 1. The van der Waals surface area contributed by atoms with Gasteiger partial charge in [0.05, 0.1) is 12.3 Å². The van der Waals surface area contributed by atoms with Gasteiger partial charge in [0, 0.05) is 10.3 Å². The second-order valence-electron chi connectivity index (χ2n) is 5.57. The van der Waals surface area contributed by atoms with Gasteiger partial charge in [0.1, 0.15) is 4.88 Å². The van der Waals surface area contributed by atoms with E-state index in [9.17, 15) is 4.79 Å². The van der Waals surface area contributed by atoms with Crippen LogP contribution in [0.25, 0.3) is 0 Å². The molecule has 0 radical (unpaired) electrons. The summed E-state index contributed by atoms with van der Waals surface area (Å²) in [5.74, 6) is -0.264. The number of nitrogens with two attached hydrogens (primary N) is 1. The minimum absolute atomic E-state index is 0.245. The highest BCUT2D eigenvalue weighted by Gasteiger charge is 2.38. The number of hydrogen-bond acceptors (Lipinski definition) is 4. The molecule has 0 spiro atoms. The predicted molar refractivity (Wildman–Crippen MR) is 84.5 cm³/mol. The van der Waals surface area contributed by atoms with E-state index < -0.39 is 0 Å². The summed E-state index contributed by atoms with van der Waals surface area (Å²) in [6.45, 7) is 6.60. The van der Waals surface area contributed by atoms with E-state index in [1.807, 2.05) is 6.92 Å². The number of anilines is 1. The maximum Gasteiger partial charge on any atom is 0.350 e. The van der Waals surface area contributed by atoms with Crippen LogP contribution in [0.2, 0.25) is 0 Å². The molecule has 2 N–H and O–H groups in total. The van der Waals surface area contributed by atoms with E-state index in [1.54, 1.807) is 11.3 Å². The van der Waals surface area contributed by atoms with Gasteiger partial charge in [0.15, 0.2) is 0 Å². The van der Waals surface area contributed by atoms with E-state index in [4.69, 9.17) is 10.5 Å². The lowest BCUT2D eigenvalue weighted by atomic mass is 9.79. The fourth-order valence-corrected chi connectivity index (χ4v) is 4.92. The lowest BCUT2D eigenvalue weighted by molar-refractivity contribution is 0.0533. The van der Waals surface area contributed by atoms with Crippen molar-refractivity contribution in [2.24, 2.45) is 0 Å². The number of esters is 1. The Labute approximate surface area is 125 Å². The largest absolute Gasteiger partial charge is 0.462 e. The molecule has 0 saturated heterocycles. The maximum absolute atomic E-state index is 12.1. The van der Waals surface area contributed by atoms with Gasteiger partial charge in [0.2, 0.25) is 0 Å². The molecule has 1 aliphatic carbocycles. The Kier molecular flexibility index (Phi) is 4.74. The second-order valence-corrected chi connectivity index (χ2v) is 6.59. The summed E-state index contributed by atoms with van der Waals surface area (Å²) in [5, 5.41) is 0. The molecule has 1 fully saturated rings. The Morgan fingerprint density at radius 3 is 2.45 bits per heavy atom. The molecule has 1 heterocycles. The molecule has 3 nitrogen and oxygen atoms in total. The number of carbonyl (C=O) groups excluding carboxylic acids is 1. The Morgan fingerprint density at radius 2 is 1.95 bits per heavy atom. The van der Waals surface area contributed by atoms with E-state index in [-0.39, 0.29) is 11.4 Å². The van der Waals surface area contributed by atoms with Gasteiger partial charge in [-0.3, -0.25) is 0 Å². The predicted octanol–water partition coefficient (Wildman–Crippen LogP) is 4.29. The van der Waals surface area contributed by atoms with Crippen LogP contribution in [0.4, 0.5) is 5.69 Å². The van der Waals surface area contributed by atoms with Crippen LogP contribution in [0.5, 0.6) is 0 Å². The molecule has 0 aromatic carbocycles. The molecule has 0 atom stereocenters. The Bertz CT molecular complexity index is 487. The first kappa shape index (κ1) is 15.4. The van der Waals surface area contributed by atoms with Gasteiger partial charge >= 0.3 is 5.97 Å². The molecule has 0 bridgehead atoms. The average molecular weight is 295 g/mol. The average Bonchev–Trinajstić information content (AvgIpc) is 3.04. The number of ether oxygens (including phenoxy) is 1. The van der Waals surface area contributed by atoms with Crippen molar-refractivity contribution in [3.05, 3.63) is 15.3 Å². The zero-order valence-electron chi connectivity index (χ0n) is 12.8. The van der Waals surface area contributed by atoms with Gasteiger partial charge in [-0.25, -0.2) is 4.79 Å². The quantitative estimate of drug-likeness (QED) is 0.824. The van der Waals surface area contributed by atoms with Crippen LogP contribution < -0.4 is 5.73 Å². The molecule has 1 aromatic heterocycles. The SMILES string of the molecule is CCOC(=O)c1sc(C2(CC)CCCC2)c(CC)c1N. The lowest BCUT2D eigenvalue weighted by Gasteiger charge is -2.27. The smallest absolute Gasteiger partial charge is 0.350 e. The zero-order valence-corrected chi connectivity index (χ0v) is 13.6. The van der Waals surface area contributed by atoms with Crippen molar-refractivity contribution in [3.8, 4) is 0 Å². The van der Waals surface area contributed by atoms with Crippen LogP contribution in [-0.2, 0) is 16.6 Å². The highest BCUT2D eigenvalue weighted by molar-refractivity contribution is 7.15. The van der Waals surface area contributed by atoms with Gasteiger partial charge in [-0.15, -0.1) is 11.3 Å². The highest BCUT2D eigenvalue weighted by atomic mass is 32.1. The number of rotatable bonds is 5. The molecule has 1 aliphatic rings. The molecule has 112 valence electrons. The van der Waals surface area contributed by atoms with Gasteiger partial charge in [-0.05, 0) is 38.2 Å². The molecular weight excluding hydrogens is 270 g/mol. The van der Waals surface area contributed by atoms with Crippen molar-refractivity contribution in [2.75, 3.05) is 12.3 Å². The van der Waals surface area contributed by atoms with Crippen molar-refractivity contribution in [2.45, 2.75) is 64.7 Å². The van der Waals surface area contributed by atoms with Crippen molar-refractivity contribution >= 4 is 23.0 Å². The summed E-state index contributed by atoms with van der Waals surface area (Å²) in [7, 11) is 0. The van der Waals surface area contributed by atoms with Crippen LogP contribution in [0.1, 0.15) is 73.0 Å². The van der Waals surface area contributed by atoms with Crippen LogP contribution in [-0.4, -0.2) is 12.6 Å². The first-order valence-corrected chi connectivity index (χ1v) is 8.50. The Balaban J connectivity index is 2.48. The van der Waals surface area contributed by atoms with Crippen molar-refractivity contribution in [1.82, 2.24) is 0 Å². The summed E-state index contributed by atoms with van der Waals surface area (Å²) >= 11 is 1.58. The van der Waals surface area contributed by atoms with Gasteiger partial charge < -0.3 is 10.5 Å². The number of carbonyl (C=O) groups is 1. The molecule has 1 saturated carbocycles. The first-order valence-electron chi connectivity index (χ1n) is 7.68. The summed E-state index contributed by atoms with van der Waals surface area (Å²) in [4.78, 5) is 14.0. The molecular formula is C16H25NO2S. The van der Waals surface area contributed by atoms with E-state index in [0.29, 0.717) is 17.2 Å². The van der Waals surface area contributed by atoms with Crippen molar-refractivity contribution in [1.29, 1.82) is 0 Å². The molecule has 4 heteroatoms. The van der Waals surface area contributed by atoms with Gasteiger partial charge in [-0.2, -0.15) is 0 Å². The van der Waals surface area contributed by atoms with Crippen molar-refractivity contribution in [3.63, 3.8) is 0 Å². The summed E-state index contributed by atoms with van der Waals surface area (Å²) < 4.78 is 5.14. The fraction of sp³-hybridized carbons (Fsp3) is 0.688.